The van der Waals surface area contributed by atoms with Gasteiger partial charge in [0.2, 0.25) is 0 Å². The predicted molar refractivity (Wildman–Crippen MR) is 53.9 cm³/mol. The molecule has 0 radical (unpaired) electrons. The fraction of sp³-hybridized carbons (Fsp3) is 0.400. The molecule has 0 atom stereocenters. The van der Waals surface area contributed by atoms with E-state index in [0.717, 1.165) is 18.8 Å². The summed E-state index contributed by atoms with van der Waals surface area (Å²) in [4.78, 5) is 0. The van der Waals surface area contributed by atoms with Crippen molar-refractivity contribution in [2.75, 3.05) is 18.2 Å². The second-order valence-corrected chi connectivity index (χ2v) is 3.34. The molecule has 1 saturated heterocycles. The molecule has 0 aliphatic carbocycles. The Labute approximate surface area is 78.7 Å². The molecule has 3 heteroatoms. The van der Waals surface area contributed by atoms with Crippen molar-refractivity contribution >= 4 is 5.69 Å². The Kier molecular flexibility index (Phi) is 2.47. The monoisotopic (exact) mass is 177 g/mol. The minimum absolute atomic E-state index is 1.06. The van der Waals surface area contributed by atoms with Crippen LogP contribution in [0.4, 0.5) is 5.69 Å². The minimum atomic E-state index is 1.06. The maximum absolute atomic E-state index is 5.96. The quantitative estimate of drug-likeness (QED) is 0.547. The summed E-state index contributed by atoms with van der Waals surface area (Å²) in [7, 11) is 0. The summed E-state index contributed by atoms with van der Waals surface area (Å²) in [6.45, 7) is 2.15. The first-order valence-corrected chi connectivity index (χ1v) is 4.72. The van der Waals surface area contributed by atoms with Gasteiger partial charge in [0.05, 0.1) is 5.69 Å². The van der Waals surface area contributed by atoms with Gasteiger partial charge in [-0.15, -0.1) is 0 Å². The van der Waals surface area contributed by atoms with Crippen LogP contribution in [0, 0.1) is 0 Å². The van der Waals surface area contributed by atoms with Gasteiger partial charge < -0.3 is 0 Å². The molecule has 0 unspecified atom stereocenters. The van der Waals surface area contributed by atoms with Crippen LogP contribution in [0.1, 0.15) is 12.8 Å². The van der Waals surface area contributed by atoms with Gasteiger partial charge in [-0.1, -0.05) is 18.2 Å². The largest absolute Gasteiger partial charge is 0.242 e. The molecule has 70 valence electrons. The van der Waals surface area contributed by atoms with Crippen molar-refractivity contribution in [3.63, 3.8) is 0 Å². The van der Waals surface area contributed by atoms with E-state index in [9.17, 15) is 0 Å². The van der Waals surface area contributed by atoms with Crippen molar-refractivity contribution in [2.45, 2.75) is 12.8 Å². The third-order valence-electron chi connectivity index (χ3n) is 2.41. The summed E-state index contributed by atoms with van der Waals surface area (Å²) in [6.07, 6.45) is 2.50. The number of benzene rings is 1. The molecule has 0 saturated carbocycles. The number of hydrogen-bond acceptors (Lipinski definition) is 3. The Balaban J connectivity index is 2.08. The van der Waals surface area contributed by atoms with E-state index in [2.05, 4.69) is 5.01 Å². The molecule has 1 fully saturated rings. The summed E-state index contributed by atoms with van der Waals surface area (Å²) in [6, 6.07) is 10.1. The Morgan fingerprint density at radius 1 is 1.08 bits per heavy atom. The van der Waals surface area contributed by atoms with Crippen molar-refractivity contribution in [3.05, 3.63) is 30.3 Å². The SMILES string of the molecule is NN(c1ccccc1)N1CCCC1. The lowest BCUT2D eigenvalue weighted by Crippen LogP contribution is -2.46. The van der Waals surface area contributed by atoms with Crippen molar-refractivity contribution < 1.29 is 0 Å². The minimum Gasteiger partial charge on any atom is -0.242 e. The molecule has 0 amide bonds. The van der Waals surface area contributed by atoms with E-state index in [-0.39, 0.29) is 0 Å². The molecule has 1 aromatic rings. The van der Waals surface area contributed by atoms with Crippen LogP contribution < -0.4 is 11.0 Å². The van der Waals surface area contributed by atoms with Crippen LogP contribution >= 0.6 is 0 Å². The number of rotatable bonds is 2. The van der Waals surface area contributed by atoms with Crippen molar-refractivity contribution in [2.24, 2.45) is 5.84 Å². The Bertz CT molecular complexity index is 254. The van der Waals surface area contributed by atoms with E-state index in [4.69, 9.17) is 5.84 Å². The van der Waals surface area contributed by atoms with E-state index in [1.54, 1.807) is 5.12 Å². The first kappa shape index (κ1) is 8.53. The summed E-state index contributed by atoms with van der Waals surface area (Å²) in [5.41, 5.74) is 1.06. The van der Waals surface area contributed by atoms with Crippen LogP contribution in [0.2, 0.25) is 0 Å². The second kappa shape index (κ2) is 3.77. The van der Waals surface area contributed by atoms with Gasteiger partial charge in [-0.25, -0.2) is 16.0 Å². The molecule has 0 aromatic heterocycles. The van der Waals surface area contributed by atoms with Crippen LogP contribution in [0.15, 0.2) is 30.3 Å². The van der Waals surface area contributed by atoms with Gasteiger partial charge in [0, 0.05) is 13.1 Å². The van der Waals surface area contributed by atoms with Crippen molar-refractivity contribution in [1.29, 1.82) is 0 Å². The number of nitrogens with two attached hydrogens (primary N) is 1. The summed E-state index contributed by atoms with van der Waals surface area (Å²) < 4.78 is 0. The lowest BCUT2D eigenvalue weighted by Gasteiger charge is -2.28. The van der Waals surface area contributed by atoms with E-state index in [0.29, 0.717) is 0 Å². The number of anilines is 1. The number of nitrogens with zero attached hydrogens (tertiary/aromatic N) is 2. The summed E-state index contributed by atoms with van der Waals surface area (Å²) in [5.74, 6) is 5.96. The molecular weight excluding hydrogens is 162 g/mol. The molecule has 1 aliphatic heterocycles. The van der Waals surface area contributed by atoms with Crippen LogP contribution in [0.25, 0.3) is 0 Å². The van der Waals surface area contributed by atoms with Gasteiger partial charge in [-0.3, -0.25) is 0 Å². The van der Waals surface area contributed by atoms with E-state index >= 15 is 0 Å². The molecule has 0 bridgehead atoms. The molecule has 1 aromatic carbocycles. The first-order chi connectivity index (χ1) is 6.38. The molecular formula is C10H15N3. The molecule has 1 heterocycles. The van der Waals surface area contributed by atoms with Gasteiger partial charge in [-0.05, 0) is 25.0 Å². The second-order valence-electron chi connectivity index (χ2n) is 3.34. The average Bonchev–Trinajstić information content (AvgIpc) is 2.71. The van der Waals surface area contributed by atoms with E-state index in [1.165, 1.54) is 12.8 Å². The van der Waals surface area contributed by atoms with Gasteiger partial charge >= 0.3 is 0 Å². The smallest absolute Gasteiger partial charge is 0.0702 e. The number of hydrazine groups is 2. The summed E-state index contributed by atoms with van der Waals surface area (Å²) in [5, 5.41) is 3.93. The highest BCUT2D eigenvalue weighted by Crippen LogP contribution is 2.16. The number of para-hydroxylation sites is 1. The van der Waals surface area contributed by atoms with Gasteiger partial charge in [-0.2, -0.15) is 0 Å². The van der Waals surface area contributed by atoms with Gasteiger partial charge in [0.1, 0.15) is 0 Å². The summed E-state index contributed by atoms with van der Waals surface area (Å²) >= 11 is 0. The van der Waals surface area contributed by atoms with E-state index < -0.39 is 0 Å². The third-order valence-corrected chi connectivity index (χ3v) is 2.41. The van der Waals surface area contributed by atoms with Crippen LogP contribution in [0.3, 0.4) is 0 Å². The Morgan fingerprint density at radius 3 is 2.31 bits per heavy atom. The third kappa shape index (κ3) is 1.82. The normalized spacial score (nSPS) is 17.6. The molecule has 3 nitrogen and oxygen atoms in total. The first-order valence-electron chi connectivity index (χ1n) is 4.72. The lowest BCUT2D eigenvalue weighted by molar-refractivity contribution is 0.310. The highest BCUT2D eigenvalue weighted by molar-refractivity contribution is 5.43. The fourth-order valence-corrected chi connectivity index (χ4v) is 1.66. The molecule has 0 spiro atoms. The molecule has 1 aliphatic rings. The fourth-order valence-electron chi connectivity index (χ4n) is 1.66. The van der Waals surface area contributed by atoms with Crippen molar-refractivity contribution in [1.82, 2.24) is 5.01 Å². The topological polar surface area (TPSA) is 32.5 Å². The zero-order valence-electron chi connectivity index (χ0n) is 7.69. The number of hydrogen-bond donors (Lipinski definition) is 1. The zero-order chi connectivity index (χ0) is 9.10. The van der Waals surface area contributed by atoms with Crippen LogP contribution in [-0.2, 0) is 0 Å². The highest BCUT2D eigenvalue weighted by atomic mass is 15.8. The standard InChI is InChI=1S/C10H15N3/c11-13(12-8-4-5-9-12)10-6-2-1-3-7-10/h1-3,6-7H,4-5,8-9,11H2. The van der Waals surface area contributed by atoms with E-state index in [1.807, 2.05) is 30.3 Å². The molecule has 2 rings (SSSR count). The van der Waals surface area contributed by atoms with Gasteiger partial charge in [0.15, 0.2) is 0 Å². The van der Waals surface area contributed by atoms with Crippen LogP contribution in [-0.4, -0.2) is 18.1 Å². The average molecular weight is 177 g/mol. The maximum Gasteiger partial charge on any atom is 0.0702 e. The predicted octanol–water partition coefficient (Wildman–Crippen LogP) is 1.38. The lowest BCUT2D eigenvalue weighted by atomic mass is 10.3. The van der Waals surface area contributed by atoms with Crippen molar-refractivity contribution in [3.8, 4) is 0 Å². The highest BCUT2D eigenvalue weighted by Gasteiger charge is 2.16. The molecule has 13 heavy (non-hydrogen) atoms. The Hall–Kier alpha value is -1.06. The molecule has 2 N–H and O–H groups in total. The van der Waals surface area contributed by atoms with Gasteiger partial charge in [0.25, 0.3) is 0 Å². The van der Waals surface area contributed by atoms with Crippen LogP contribution in [0.5, 0.6) is 0 Å². The Morgan fingerprint density at radius 2 is 1.69 bits per heavy atom. The zero-order valence-corrected chi connectivity index (χ0v) is 7.69. The maximum atomic E-state index is 5.96.